The lowest BCUT2D eigenvalue weighted by atomic mass is 9.97. The fourth-order valence-electron chi connectivity index (χ4n) is 2.50. The number of hydrogen-bond donors (Lipinski definition) is 1. The van der Waals surface area contributed by atoms with E-state index in [0.29, 0.717) is 0 Å². The Labute approximate surface area is 119 Å². The van der Waals surface area contributed by atoms with Crippen LogP contribution in [0.5, 0.6) is 0 Å². The molecule has 3 rings (SSSR count). The lowest BCUT2D eigenvalue weighted by molar-refractivity contribution is 0.699. The Hall–Kier alpha value is -2.19. The van der Waals surface area contributed by atoms with Gasteiger partial charge in [-0.25, -0.2) is 0 Å². The maximum Gasteiger partial charge on any atom is 0.0708 e. The molecule has 0 saturated carbocycles. The zero-order valence-electron chi connectivity index (χ0n) is 11.6. The average molecular weight is 262 g/mol. The molecule has 0 spiro atoms. The molecule has 0 bridgehead atoms. The normalized spacial score (nSPS) is 12.5. The molecule has 1 atom stereocenters. The van der Waals surface area contributed by atoms with Gasteiger partial charge in [0, 0.05) is 17.6 Å². The van der Waals surface area contributed by atoms with E-state index in [-0.39, 0.29) is 6.04 Å². The molecule has 100 valence electrons. The second kappa shape index (κ2) is 5.43. The van der Waals surface area contributed by atoms with Crippen LogP contribution < -0.4 is 5.73 Å². The number of nitrogens with two attached hydrogens (primary N) is 1. The second-order valence-electron chi connectivity index (χ2n) is 5.01. The van der Waals surface area contributed by atoms with Crippen LogP contribution in [0.4, 0.5) is 0 Å². The van der Waals surface area contributed by atoms with Crippen LogP contribution in [0.15, 0.2) is 60.8 Å². The van der Waals surface area contributed by atoms with Gasteiger partial charge in [0.2, 0.25) is 0 Å². The van der Waals surface area contributed by atoms with Crippen LogP contribution >= 0.6 is 0 Å². The van der Waals surface area contributed by atoms with Crippen molar-refractivity contribution < 1.29 is 0 Å². The summed E-state index contributed by atoms with van der Waals surface area (Å²) in [5.41, 5.74) is 10.7. The minimum atomic E-state index is 0.123. The molecule has 1 aromatic heterocycles. The first-order valence-corrected chi connectivity index (χ1v) is 6.99. The van der Waals surface area contributed by atoms with Crippen molar-refractivity contribution in [1.82, 2.24) is 4.98 Å². The highest BCUT2D eigenvalue weighted by molar-refractivity contribution is 5.94. The van der Waals surface area contributed by atoms with Crippen LogP contribution in [0.1, 0.15) is 24.9 Å². The molecule has 1 unspecified atom stereocenters. The summed E-state index contributed by atoms with van der Waals surface area (Å²) in [5, 5.41) is 1.18. The predicted octanol–water partition coefficient (Wildman–Crippen LogP) is 4.31. The second-order valence-corrected chi connectivity index (χ2v) is 5.01. The highest BCUT2D eigenvalue weighted by atomic mass is 14.6. The van der Waals surface area contributed by atoms with Gasteiger partial charge in [0.1, 0.15) is 0 Å². The van der Waals surface area contributed by atoms with Crippen LogP contribution in [0, 0.1) is 0 Å². The number of rotatable bonds is 3. The summed E-state index contributed by atoms with van der Waals surface area (Å²) in [4.78, 5) is 4.41. The van der Waals surface area contributed by atoms with Crippen molar-refractivity contribution >= 4 is 10.9 Å². The van der Waals surface area contributed by atoms with Gasteiger partial charge >= 0.3 is 0 Å². The van der Waals surface area contributed by atoms with Crippen LogP contribution in [0.25, 0.3) is 22.0 Å². The summed E-state index contributed by atoms with van der Waals surface area (Å²) in [7, 11) is 0. The molecule has 0 saturated heterocycles. The van der Waals surface area contributed by atoms with Gasteiger partial charge in [-0.15, -0.1) is 0 Å². The van der Waals surface area contributed by atoms with Gasteiger partial charge < -0.3 is 5.73 Å². The van der Waals surface area contributed by atoms with Crippen LogP contribution in [0.2, 0.25) is 0 Å². The highest BCUT2D eigenvalue weighted by Crippen LogP contribution is 2.28. The SMILES string of the molecule is CCC(N)c1ccc(-c2cccc3ncccc23)cc1. The lowest BCUT2D eigenvalue weighted by Gasteiger charge is -2.11. The highest BCUT2D eigenvalue weighted by Gasteiger charge is 2.06. The molecule has 2 aromatic carbocycles. The Morgan fingerprint density at radius 1 is 1.00 bits per heavy atom. The number of fused-ring (bicyclic) bond motifs is 1. The predicted molar refractivity (Wildman–Crippen MR) is 84.4 cm³/mol. The summed E-state index contributed by atoms with van der Waals surface area (Å²) >= 11 is 0. The smallest absolute Gasteiger partial charge is 0.0708 e. The van der Waals surface area contributed by atoms with Gasteiger partial charge in [-0.1, -0.05) is 49.4 Å². The first kappa shape index (κ1) is 12.8. The maximum absolute atomic E-state index is 6.06. The van der Waals surface area contributed by atoms with Crippen molar-refractivity contribution in [1.29, 1.82) is 0 Å². The van der Waals surface area contributed by atoms with E-state index >= 15 is 0 Å². The quantitative estimate of drug-likeness (QED) is 0.763. The molecule has 3 aromatic rings. The summed E-state index contributed by atoms with van der Waals surface area (Å²) in [5.74, 6) is 0. The summed E-state index contributed by atoms with van der Waals surface area (Å²) in [6.07, 6.45) is 2.78. The van der Waals surface area contributed by atoms with Gasteiger partial charge in [-0.05, 0) is 35.2 Å². The number of nitrogens with zero attached hydrogens (tertiary/aromatic N) is 1. The van der Waals surface area contributed by atoms with E-state index in [1.165, 1.54) is 22.1 Å². The van der Waals surface area contributed by atoms with E-state index in [2.05, 4.69) is 54.4 Å². The van der Waals surface area contributed by atoms with Crippen molar-refractivity contribution in [3.8, 4) is 11.1 Å². The molecule has 2 N–H and O–H groups in total. The molecule has 0 radical (unpaired) electrons. The minimum Gasteiger partial charge on any atom is -0.324 e. The molecular weight excluding hydrogens is 244 g/mol. The fourth-order valence-corrected chi connectivity index (χ4v) is 2.50. The van der Waals surface area contributed by atoms with Gasteiger partial charge in [0.15, 0.2) is 0 Å². The summed E-state index contributed by atoms with van der Waals surface area (Å²) in [6, 6.07) is 19.0. The Kier molecular flexibility index (Phi) is 3.48. The maximum atomic E-state index is 6.06. The molecule has 0 fully saturated rings. The molecule has 0 aliphatic rings. The third-order valence-corrected chi connectivity index (χ3v) is 3.74. The van der Waals surface area contributed by atoms with Crippen molar-refractivity contribution in [3.05, 3.63) is 66.4 Å². The van der Waals surface area contributed by atoms with Crippen molar-refractivity contribution in [2.45, 2.75) is 19.4 Å². The van der Waals surface area contributed by atoms with E-state index in [4.69, 9.17) is 5.73 Å². The van der Waals surface area contributed by atoms with Crippen molar-refractivity contribution in [2.75, 3.05) is 0 Å². The van der Waals surface area contributed by atoms with Gasteiger partial charge in [0.25, 0.3) is 0 Å². The first-order valence-electron chi connectivity index (χ1n) is 6.99. The zero-order valence-corrected chi connectivity index (χ0v) is 11.6. The monoisotopic (exact) mass is 262 g/mol. The van der Waals surface area contributed by atoms with E-state index in [9.17, 15) is 0 Å². The molecule has 0 amide bonds. The zero-order chi connectivity index (χ0) is 13.9. The molecule has 2 nitrogen and oxygen atoms in total. The summed E-state index contributed by atoms with van der Waals surface area (Å²) < 4.78 is 0. The Morgan fingerprint density at radius 3 is 2.55 bits per heavy atom. The number of hydrogen-bond acceptors (Lipinski definition) is 2. The van der Waals surface area contributed by atoms with E-state index in [0.717, 1.165) is 11.9 Å². The van der Waals surface area contributed by atoms with E-state index in [1.54, 1.807) is 0 Å². The number of benzene rings is 2. The Balaban J connectivity index is 2.07. The molecule has 20 heavy (non-hydrogen) atoms. The Morgan fingerprint density at radius 2 is 1.80 bits per heavy atom. The Bertz CT molecular complexity index is 712. The van der Waals surface area contributed by atoms with Crippen LogP contribution in [-0.2, 0) is 0 Å². The van der Waals surface area contributed by atoms with E-state index in [1.807, 2.05) is 18.3 Å². The van der Waals surface area contributed by atoms with Crippen molar-refractivity contribution in [2.24, 2.45) is 5.73 Å². The molecule has 0 aliphatic heterocycles. The fraction of sp³-hybridized carbons (Fsp3) is 0.167. The largest absolute Gasteiger partial charge is 0.324 e. The number of pyridine rings is 1. The molecule has 0 aliphatic carbocycles. The minimum absolute atomic E-state index is 0.123. The van der Waals surface area contributed by atoms with Crippen LogP contribution in [-0.4, -0.2) is 4.98 Å². The van der Waals surface area contributed by atoms with Gasteiger partial charge in [0.05, 0.1) is 5.52 Å². The van der Waals surface area contributed by atoms with Gasteiger partial charge in [-0.3, -0.25) is 4.98 Å². The molecule has 2 heteroatoms. The van der Waals surface area contributed by atoms with Crippen LogP contribution in [0.3, 0.4) is 0 Å². The first-order chi connectivity index (χ1) is 9.79. The topological polar surface area (TPSA) is 38.9 Å². The average Bonchev–Trinajstić information content (AvgIpc) is 2.54. The number of aromatic nitrogens is 1. The lowest BCUT2D eigenvalue weighted by Crippen LogP contribution is -2.08. The third-order valence-electron chi connectivity index (χ3n) is 3.74. The third kappa shape index (κ3) is 2.30. The van der Waals surface area contributed by atoms with Gasteiger partial charge in [-0.2, -0.15) is 0 Å². The standard InChI is InChI=1S/C18H18N2/c1-2-17(19)14-10-8-13(9-11-14)15-5-3-7-18-16(15)6-4-12-20-18/h3-12,17H,2,19H2,1H3. The van der Waals surface area contributed by atoms with E-state index < -0.39 is 0 Å². The molecule has 1 heterocycles. The van der Waals surface area contributed by atoms with Crippen molar-refractivity contribution in [3.63, 3.8) is 0 Å². The molecular formula is C18H18N2. The summed E-state index contributed by atoms with van der Waals surface area (Å²) in [6.45, 7) is 2.11.